The van der Waals surface area contributed by atoms with Gasteiger partial charge in [0, 0.05) is 7.11 Å². The molecule has 152 valence electrons. The van der Waals surface area contributed by atoms with Gasteiger partial charge in [-0.05, 0) is 24.6 Å². The second-order valence-corrected chi connectivity index (χ2v) is 6.33. The van der Waals surface area contributed by atoms with Gasteiger partial charge in [-0.15, -0.1) is 0 Å². The first-order valence-corrected chi connectivity index (χ1v) is 8.44. The quantitative estimate of drug-likeness (QED) is 0.533. The predicted octanol–water partition coefficient (Wildman–Crippen LogP) is 1.41. The number of aromatic nitrogens is 3. The molecular formula is C17H20F2N4O5. The standard InChI is InChI=1S/C17H20F2N4O5/c1-17(25)12(14(24)27-8-7-26-2)13(23-16(22-17)20-9-21-23)10-3-5-11(6-4-10)28-15(18)19/h3-6,9,12-13,15,25H,7-8H2,1-2H3,(H,20,21,22)/t12-,13+,17-/m1/s1. The first-order chi connectivity index (χ1) is 13.3. The molecule has 28 heavy (non-hydrogen) atoms. The lowest BCUT2D eigenvalue weighted by molar-refractivity contribution is -0.160. The van der Waals surface area contributed by atoms with E-state index >= 15 is 0 Å². The van der Waals surface area contributed by atoms with E-state index in [4.69, 9.17) is 9.47 Å². The van der Waals surface area contributed by atoms with Crippen molar-refractivity contribution in [3.8, 4) is 5.75 Å². The van der Waals surface area contributed by atoms with Crippen molar-refractivity contribution in [1.29, 1.82) is 0 Å². The van der Waals surface area contributed by atoms with E-state index in [9.17, 15) is 18.7 Å². The first kappa shape index (κ1) is 20.0. The van der Waals surface area contributed by atoms with Gasteiger partial charge >= 0.3 is 12.6 Å². The van der Waals surface area contributed by atoms with Gasteiger partial charge in [0.25, 0.3) is 0 Å². The summed E-state index contributed by atoms with van der Waals surface area (Å²) in [6.07, 6.45) is 1.28. The van der Waals surface area contributed by atoms with Gasteiger partial charge < -0.3 is 24.6 Å². The number of hydrogen-bond acceptors (Lipinski definition) is 8. The highest BCUT2D eigenvalue weighted by Crippen LogP contribution is 2.41. The van der Waals surface area contributed by atoms with Crippen LogP contribution in [0.5, 0.6) is 5.75 Å². The van der Waals surface area contributed by atoms with Crippen LogP contribution in [0.2, 0.25) is 0 Å². The second-order valence-electron chi connectivity index (χ2n) is 6.33. The number of fused-ring (bicyclic) bond motifs is 1. The molecule has 3 atom stereocenters. The number of carbonyl (C=O) groups excluding carboxylic acids is 1. The van der Waals surface area contributed by atoms with Gasteiger partial charge in [-0.1, -0.05) is 12.1 Å². The summed E-state index contributed by atoms with van der Waals surface area (Å²) in [4.78, 5) is 16.8. The number of nitrogens with one attached hydrogen (secondary N) is 1. The molecule has 0 fully saturated rings. The number of ether oxygens (including phenoxy) is 3. The summed E-state index contributed by atoms with van der Waals surface area (Å²) in [5.41, 5.74) is -1.17. The number of esters is 1. The van der Waals surface area contributed by atoms with Crippen LogP contribution in [0.4, 0.5) is 14.7 Å². The van der Waals surface area contributed by atoms with Crippen molar-refractivity contribution in [2.75, 3.05) is 25.6 Å². The molecule has 3 rings (SSSR count). The number of benzene rings is 1. The fraction of sp³-hybridized carbons (Fsp3) is 0.471. The molecule has 2 aromatic rings. The van der Waals surface area contributed by atoms with E-state index in [-0.39, 0.29) is 24.9 Å². The Morgan fingerprint density at radius 2 is 2.07 bits per heavy atom. The molecule has 1 aliphatic rings. The van der Waals surface area contributed by atoms with Crippen LogP contribution in [0, 0.1) is 5.92 Å². The van der Waals surface area contributed by atoms with E-state index in [0.29, 0.717) is 5.56 Å². The molecule has 1 aromatic heterocycles. The number of methoxy groups -OCH3 is 1. The molecule has 0 saturated carbocycles. The Morgan fingerprint density at radius 1 is 1.36 bits per heavy atom. The third kappa shape index (κ3) is 4.04. The van der Waals surface area contributed by atoms with E-state index in [2.05, 4.69) is 20.1 Å². The van der Waals surface area contributed by atoms with E-state index in [0.717, 1.165) is 0 Å². The smallest absolute Gasteiger partial charge is 0.387 e. The van der Waals surface area contributed by atoms with E-state index < -0.39 is 30.3 Å². The van der Waals surface area contributed by atoms with Crippen LogP contribution in [0.25, 0.3) is 0 Å². The second kappa shape index (κ2) is 8.07. The van der Waals surface area contributed by atoms with Gasteiger partial charge in [0.2, 0.25) is 5.95 Å². The largest absolute Gasteiger partial charge is 0.463 e. The third-order valence-electron chi connectivity index (χ3n) is 4.36. The number of nitrogens with zero attached hydrogens (tertiary/aromatic N) is 3. The monoisotopic (exact) mass is 398 g/mol. The Kier molecular flexibility index (Phi) is 5.75. The van der Waals surface area contributed by atoms with Crippen LogP contribution in [-0.2, 0) is 14.3 Å². The normalized spacial score (nSPS) is 23.8. The summed E-state index contributed by atoms with van der Waals surface area (Å²) in [5, 5.41) is 17.8. The van der Waals surface area contributed by atoms with Crippen LogP contribution in [0.3, 0.4) is 0 Å². The Bertz CT molecular complexity index is 812. The molecule has 1 aromatic carbocycles. The molecule has 2 heterocycles. The minimum Gasteiger partial charge on any atom is -0.463 e. The highest BCUT2D eigenvalue weighted by molar-refractivity contribution is 5.76. The summed E-state index contributed by atoms with van der Waals surface area (Å²) in [6.45, 7) is -1.31. The van der Waals surface area contributed by atoms with Crippen LogP contribution in [0.15, 0.2) is 30.6 Å². The van der Waals surface area contributed by atoms with E-state index in [1.54, 1.807) is 0 Å². The number of hydrogen-bond donors (Lipinski definition) is 2. The Hall–Kier alpha value is -2.79. The van der Waals surface area contributed by atoms with Crippen molar-refractivity contribution in [1.82, 2.24) is 14.8 Å². The van der Waals surface area contributed by atoms with Gasteiger partial charge in [0.1, 0.15) is 24.6 Å². The molecule has 9 nitrogen and oxygen atoms in total. The van der Waals surface area contributed by atoms with Crippen LogP contribution in [-0.4, -0.2) is 58.5 Å². The summed E-state index contributed by atoms with van der Waals surface area (Å²) < 4.78 is 40.7. The third-order valence-corrected chi connectivity index (χ3v) is 4.36. The highest BCUT2D eigenvalue weighted by Gasteiger charge is 2.50. The van der Waals surface area contributed by atoms with Gasteiger partial charge in [0.05, 0.1) is 12.6 Å². The van der Waals surface area contributed by atoms with Crippen molar-refractivity contribution < 1.29 is 32.9 Å². The lowest BCUT2D eigenvalue weighted by atomic mass is 9.83. The zero-order chi connectivity index (χ0) is 20.3. The van der Waals surface area contributed by atoms with Gasteiger partial charge in [-0.25, -0.2) is 4.68 Å². The average molecular weight is 398 g/mol. The lowest BCUT2D eigenvalue weighted by Gasteiger charge is -2.41. The molecule has 11 heteroatoms. The minimum absolute atomic E-state index is 0.0139. The molecule has 0 saturated heterocycles. The fourth-order valence-electron chi connectivity index (χ4n) is 3.15. The van der Waals surface area contributed by atoms with Crippen LogP contribution in [0.1, 0.15) is 18.5 Å². The number of anilines is 1. The zero-order valence-electron chi connectivity index (χ0n) is 15.2. The zero-order valence-corrected chi connectivity index (χ0v) is 15.2. The SMILES string of the molecule is COCCOC(=O)[C@H]1[C@H](c2ccc(OC(F)F)cc2)n2ncnc2N[C@]1(C)O. The lowest BCUT2D eigenvalue weighted by Crippen LogP contribution is -2.55. The number of alkyl halides is 2. The summed E-state index contributed by atoms with van der Waals surface area (Å²) in [6, 6.07) is 4.95. The van der Waals surface area contributed by atoms with E-state index in [1.165, 1.54) is 49.3 Å². The van der Waals surface area contributed by atoms with Crippen molar-refractivity contribution in [2.45, 2.75) is 25.3 Å². The molecular weight excluding hydrogens is 378 g/mol. The van der Waals surface area contributed by atoms with Crippen molar-refractivity contribution in [3.05, 3.63) is 36.2 Å². The maximum absolute atomic E-state index is 12.8. The number of halogens is 2. The van der Waals surface area contributed by atoms with Crippen molar-refractivity contribution >= 4 is 11.9 Å². The highest BCUT2D eigenvalue weighted by atomic mass is 19.3. The number of aliphatic hydroxyl groups is 1. The topological polar surface area (TPSA) is 108 Å². The summed E-state index contributed by atoms with van der Waals surface area (Å²) in [5.74, 6) is -1.55. The predicted molar refractivity (Wildman–Crippen MR) is 91.8 cm³/mol. The molecule has 0 spiro atoms. The Labute approximate surface area is 159 Å². The first-order valence-electron chi connectivity index (χ1n) is 8.44. The molecule has 0 radical (unpaired) electrons. The number of rotatable bonds is 7. The maximum atomic E-state index is 12.8. The van der Waals surface area contributed by atoms with E-state index in [1.807, 2.05) is 0 Å². The van der Waals surface area contributed by atoms with Crippen molar-refractivity contribution in [2.24, 2.45) is 5.92 Å². The van der Waals surface area contributed by atoms with Crippen molar-refractivity contribution in [3.63, 3.8) is 0 Å². The maximum Gasteiger partial charge on any atom is 0.387 e. The van der Waals surface area contributed by atoms with Gasteiger partial charge in [-0.3, -0.25) is 4.79 Å². The Morgan fingerprint density at radius 3 is 2.71 bits per heavy atom. The van der Waals surface area contributed by atoms with Gasteiger partial charge in [-0.2, -0.15) is 18.9 Å². The summed E-state index contributed by atoms with van der Waals surface area (Å²) in [7, 11) is 1.47. The molecule has 1 aliphatic heterocycles. The molecule has 0 aliphatic carbocycles. The summed E-state index contributed by atoms with van der Waals surface area (Å²) >= 11 is 0. The molecule has 0 unspecified atom stereocenters. The number of carbonyl (C=O) groups is 1. The fourth-order valence-corrected chi connectivity index (χ4v) is 3.15. The molecule has 0 bridgehead atoms. The van der Waals surface area contributed by atoms with Crippen LogP contribution < -0.4 is 10.1 Å². The Balaban J connectivity index is 1.97. The molecule has 2 N–H and O–H groups in total. The van der Waals surface area contributed by atoms with Crippen LogP contribution >= 0.6 is 0 Å². The average Bonchev–Trinajstić information content (AvgIpc) is 3.07. The van der Waals surface area contributed by atoms with Gasteiger partial charge in [0.15, 0.2) is 5.72 Å². The minimum atomic E-state index is -2.95. The molecule has 0 amide bonds.